The Morgan fingerprint density at radius 1 is 1.47 bits per heavy atom. The van der Waals surface area contributed by atoms with Crippen molar-refractivity contribution in [2.75, 3.05) is 5.75 Å². The van der Waals surface area contributed by atoms with E-state index in [0.29, 0.717) is 6.10 Å². The first-order valence-electron chi connectivity index (χ1n) is 5.33. The number of hydrogen-bond acceptors (Lipinski definition) is 2. The van der Waals surface area contributed by atoms with Gasteiger partial charge in [0.25, 0.3) is 0 Å². The summed E-state index contributed by atoms with van der Waals surface area (Å²) in [5.74, 6) is 0.829. The lowest BCUT2D eigenvalue weighted by molar-refractivity contribution is 0.0584. The largest absolute Gasteiger partial charge is 0.369 e. The molecular formula is C12H17OPS. The molecule has 1 nitrogen and oxygen atoms in total. The highest BCUT2D eigenvalue weighted by Gasteiger charge is 2.25. The molecule has 0 N–H and O–H groups in total. The zero-order valence-electron chi connectivity index (χ0n) is 8.94. The maximum Gasteiger partial charge on any atom is 0.0830 e. The van der Waals surface area contributed by atoms with E-state index in [4.69, 9.17) is 4.74 Å². The maximum atomic E-state index is 5.91. The van der Waals surface area contributed by atoms with Crippen molar-refractivity contribution in [3.8, 4) is 0 Å². The van der Waals surface area contributed by atoms with E-state index in [1.54, 1.807) is 0 Å². The van der Waals surface area contributed by atoms with Crippen LogP contribution in [0.4, 0.5) is 0 Å². The van der Waals surface area contributed by atoms with Crippen molar-refractivity contribution in [1.29, 1.82) is 0 Å². The maximum absolute atomic E-state index is 5.91. The van der Waals surface area contributed by atoms with Crippen molar-refractivity contribution in [1.82, 2.24) is 0 Å². The highest BCUT2D eigenvalue weighted by atomic mass is 32.1. The number of hydrogen-bond donors (Lipinski definition) is 1. The number of ether oxygens (including phenoxy) is 1. The molecule has 82 valence electrons. The summed E-state index contributed by atoms with van der Waals surface area (Å²) in [6.07, 6.45) is 2.88. The molecule has 1 aliphatic heterocycles. The normalized spacial score (nSPS) is 25.8. The average Bonchev–Trinajstić information content (AvgIpc) is 2.70. The summed E-state index contributed by atoms with van der Waals surface area (Å²) in [6.45, 7) is 2.12. The molecule has 0 amide bonds. The van der Waals surface area contributed by atoms with Gasteiger partial charge in [0, 0.05) is 5.75 Å². The van der Waals surface area contributed by atoms with E-state index < -0.39 is 0 Å². The van der Waals surface area contributed by atoms with Gasteiger partial charge in [-0.05, 0) is 42.3 Å². The summed E-state index contributed by atoms with van der Waals surface area (Å²) < 4.78 is 5.91. The van der Waals surface area contributed by atoms with Crippen LogP contribution in [-0.4, -0.2) is 11.9 Å². The summed E-state index contributed by atoms with van der Waals surface area (Å²) in [5.41, 5.74) is 2.61. The summed E-state index contributed by atoms with van der Waals surface area (Å²) >= 11 is 4.28. The molecule has 3 unspecified atom stereocenters. The highest BCUT2D eigenvalue weighted by molar-refractivity contribution is 7.80. The molecule has 0 radical (unpaired) electrons. The van der Waals surface area contributed by atoms with E-state index in [-0.39, 0.29) is 6.10 Å². The molecule has 1 saturated heterocycles. The van der Waals surface area contributed by atoms with Gasteiger partial charge in [0.1, 0.15) is 0 Å². The second kappa shape index (κ2) is 4.86. The molecule has 0 spiro atoms. The smallest absolute Gasteiger partial charge is 0.0830 e. The van der Waals surface area contributed by atoms with Crippen molar-refractivity contribution in [3.63, 3.8) is 0 Å². The van der Waals surface area contributed by atoms with Crippen LogP contribution in [0.2, 0.25) is 0 Å². The van der Waals surface area contributed by atoms with E-state index in [9.17, 15) is 0 Å². The Kier molecular flexibility index (Phi) is 3.71. The minimum absolute atomic E-state index is 0.280. The van der Waals surface area contributed by atoms with Crippen LogP contribution >= 0.6 is 21.9 Å². The van der Waals surface area contributed by atoms with Crippen LogP contribution in [0.5, 0.6) is 0 Å². The van der Waals surface area contributed by atoms with Gasteiger partial charge >= 0.3 is 0 Å². The van der Waals surface area contributed by atoms with E-state index >= 15 is 0 Å². The highest BCUT2D eigenvalue weighted by Crippen LogP contribution is 2.32. The van der Waals surface area contributed by atoms with Crippen LogP contribution < -0.4 is 5.30 Å². The summed E-state index contributed by atoms with van der Waals surface area (Å²) in [5, 5.41) is 1.27. The molecule has 1 aliphatic rings. The first-order chi connectivity index (χ1) is 7.20. The van der Waals surface area contributed by atoms with Crippen LogP contribution in [0.15, 0.2) is 18.2 Å². The number of benzene rings is 1. The molecule has 0 aromatic heterocycles. The Bertz CT molecular complexity index is 353. The lowest BCUT2D eigenvalue weighted by Crippen LogP contribution is -2.09. The lowest BCUT2D eigenvalue weighted by atomic mass is 10.0. The topological polar surface area (TPSA) is 9.23 Å². The van der Waals surface area contributed by atoms with Gasteiger partial charge in [-0.1, -0.05) is 12.1 Å². The van der Waals surface area contributed by atoms with Crippen LogP contribution in [0.1, 0.15) is 30.1 Å². The minimum Gasteiger partial charge on any atom is -0.369 e. The van der Waals surface area contributed by atoms with Crippen molar-refractivity contribution in [2.45, 2.75) is 32.0 Å². The zero-order chi connectivity index (χ0) is 10.8. The molecule has 2 rings (SSSR count). The Morgan fingerprint density at radius 3 is 2.87 bits per heavy atom. The molecular weight excluding hydrogens is 223 g/mol. The van der Waals surface area contributed by atoms with E-state index in [2.05, 4.69) is 47.0 Å². The van der Waals surface area contributed by atoms with Crippen molar-refractivity contribution >= 4 is 27.2 Å². The Balaban J connectivity index is 2.13. The van der Waals surface area contributed by atoms with Crippen LogP contribution in [-0.2, 0) is 4.74 Å². The first-order valence-corrected chi connectivity index (χ1v) is 6.54. The predicted octanol–water partition coefficient (Wildman–Crippen LogP) is 2.65. The molecule has 3 heteroatoms. The molecule has 1 heterocycles. The van der Waals surface area contributed by atoms with Gasteiger partial charge in [-0.3, -0.25) is 0 Å². The summed E-state index contributed by atoms with van der Waals surface area (Å²) in [6, 6.07) is 6.55. The molecule has 1 fully saturated rings. The van der Waals surface area contributed by atoms with Gasteiger partial charge in [0.15, 0.2) is 0 Å². The first kappa shape index (κ1) is 11.4. The fourth-order valence-electron chi connectivity index (χ4n) is 1.94. The predicted molar refractivity (Wildman–Crippen MR) is 71.2 cm³/mol. The molecule has 0 bridgehead atoms. The second-order valence-corrected chi connectivity index (χ2v) is 5.11. The molecule has 15 heavy (non-hydrogen) atoms. The summed E-state index contributed by atoms with van der Waals surface area (Å²) in [7, 11) is 2.78. The van der Waals surface area contributed by atoms with Crippen molar-refractivity contribution in [3.05, 3.63) is 29.3 Å². The number of rotatable bonds is 2. The van der Waals surface area contributed by atoms with Gasteiger partial charge < -0.3 is 4.74 Å². The second-order valence-electron chi connectivity index (χ2n) is 4.12. The number of thiol groups is 1. The Morgan fingerprint density at radius 2 is 2.27 bits per heavy atom. The standard InChI is InChI=1S/C12H17OPS/c1-8-2-3-9(6-12(8)14)11-5-4-10(7-15)13-11/h2-3,6,10-11,15H,4-5,7,14H2,1H3. The Labute approximate surface area is 99.2 Å². The quantitative estimate of drug-likeness (QED) is 0.617. The minimum atomic E-state index is 0.280. The zero-order valence-corrected chi connectivity index (χ0v) is 11.0. The van der Waals surface area contributed by atoms with E-state index in [1.807, 2.05) is 0 Å². The van der Waals surface area contributed by atoms with Gasteiger partial charge in [0.2, 0.25) is 0 Å². The summed E-state index contributed by atoms with van der Waals surface area (Å²) in [4.78, 5) is 0. The lowest BCUT2D eigenvalue weighted by Gasteiger charge is -2.13. The fourth-order valence-corrected chi connectivity index (χ4v) is 2.50. The van der Waals surface area contributed by atoms with Crippen molar-refractivity contribution < 1.29 is 4.74 Å². The van der Waals surface area contributed by atoms with Gasteiger partial charge in [-0.2, -0.15) is 12.6 Å². The van der Waals surface area contributed by atoms with Gasteiger partial charge in [0.05, 0.1) is 12.2 Å². The molecule has 1 aromatic rings. The Hall–Kier alpha value is -0.0400. The SMILES string of the molecule is Cc1ccc(C2CCC(CS)O2)cc1P. The third-order valence-electron chi connectivity index (χ3n) is 2.99. The average molecular weight is 240 g/mol. The fraction of sp³-hybridized carbons (Fsp3) is 0.500. The number of aryl methyl sites for hydroxylation is 1. The van der Waals surface area contributed by atoms with Crippen LogP contribution in [0, 0.1) is 6.92 Å². The molecule has 0 saturated carbocycles. The molecule has 1 aromatic carbocycles. The van der Waals surface area contributed by atoms with Crippen LogP contribution in [0.25, 0.3) is 0 Å². The van der Waals surface area contributed by atoms with Crippen LogP contribution in [0.3, 0.4) is 0 Å². The molecule has 3 atom stereocenters. The monoisotopic (exact) mass is 240 g/mol. The third kappa shape index (κ3) is 2.55. The van der Waals surface area contributed by atoms with E-state index in [0.717, 1.165) is 18.6 Å². The van der Waals surface area contributed by atoms with Gasteiger partial charge in [-0.25, -0.2) is 0 Å². The van der Waals surface area contributed by atoms with E-state index in [1.165, 1.54) is 16.4 Å². The van der Waals surface area contributed by atoms with Crippen molar-refractivity contribution in [2.24, 2.45) is 0 Å². The molecule has 0 aliphatic carbocycles. The third-order valence-corrected chi connectivity index (χ3v) is 4.02. The van der Waals surface area contributed by atoms with Gasteiger partial charge in [-0.15, -0.1) is 9.24 Å².